The standard InChI is InChI=1S/C23H38N2O4/c1-5-6-7-8-9-10-11-18-29-20-14-12-19(13-15-20)21(26)24-16-17-25(22(27)28)23(2,3)4/h12-15H,5-11,16-18H2,1-4H3,(H,24,26)(H,27,28). The van der Waals surface area contributed by atoms with Crippen molar-refractivity contribution in [1.82, 2.24) is 10.2 Å². The normalized spacial score (nSPS) is 11.2. The van der Waals surface area contributed by atoms with Crippen molar-refractivity contribution in [3.05, 3.63) is 29.8 Å². The van der Waals surface area contributed by atoms with E-state index in [1.165, 1.54) is 43.4 Å². The number of ether oxygens (including phenoxy) is 1. The molecule has 0 radical (unpaired) electrons. The average Bonchev–Trinajstić information content (AvgIpc) is 2.66. The van der Waals surface area contributed by atoms with Crippen LogP contribution in [0.1, 0.15) is 83.0 Å². The van der Waals surface area contributed by atoms with Crippen molar-refractivity contribution < 1.29 is 19.4 Å². The predicted octanol–water partition coefficient (Wildman–Crippen LogP) is 5.32. The fourth-order valence-corrected chi connectivity index (χ4v) is 3.05. The number of benzene rings is 1. The molecule has 0 saturated heterocycles. The molecule has 6 nitrogen and oxygen atoms in total. The Morgan fingerprint density at radius 1 is 1.00 bits per heavy atom. The molecule has 164 valence electrons. The van der Waals surface area contributed by atoms with Crippen LogP contribution in [0, 0.1) is 0 Å². The van der Waals surface area contributed by atoms with Crippen molar-refractivity contribution in [2.45, 2.75) is 78.2 Å². The molecule has 29 heavy (non-hydrogen) atoms. The molecule has 1 aromatic rings. The van der Waals surface area contributed by atoms with Gasteiger partial charge in [0, 0.05) is 24.2 Å². The van der Waals surface area contributed by atoms with E-state index >= 15 is 0 Å². The molecule has 2 N–H and O–H groups in total. The summed E-state index contributed by atoms with van der Waals surface area (Å²) in [5.41, 5.74) is 0.0244. The van der Waals surface area contributed by atoms with Gasteiger partial charge in [-0.05, 0) is 51.5 Å². The second kappa shape index (κ2) is 13.1. The van der Waals surface area contributed by atoms with Crippen LogP contribution in [-0.4, -0.2) is 47.2 Å². The molecule has 0 aliphatic rings. The minimum atomic E-state index is -0.991. The molecule has 0 heterocycles. The van der Waals surface area contributed by atoms with Gasteiger partial charge < -0.3 is 20.1 Å². The Morgan fingerprint density at radius 2 is 1.59 bits per heavy atom. The molecule has 0 bridgehead atoms. The number of nitrogens with one attached hydrogen (secondary N) is 1. The molecule has 0 aromatic heterocycles. The second-order valence-electron chi connectivity index (χ2n) is 8.36. The summed E-state index contributed by atoms with van der Waals surface area (Å²) in [4.78, 5) is 24.9. The molecule has 1 aromatic carbocycles. The van der Waals surface area contributed by atoms with Crippen molar-refractivity contribution in [2.75, 3.05) is 19.7 Å². The van der Waals surface area contributed by atoms with E-state index in [4.69, 9.17) is 4.74 Å². The molecule has 2 amide bonds. The Kier molecular flexibility index (Phi) is 11.2. The third-order valence-electron chi connectivity index (χ3n) is 4.79. The summed E-state index contributed by atoms with van der Waals surface area (Å²) in [6.45, 7) is 8.90. The smallest absolute Gasteiger partial charge is 0.407 e. The molecule has 0 aliphatic carbocycles. The summed E-state index contributed by atoms with van der Waals surface area (Å²) >= 11 is 0. The average molecular weight is 407 g/mol. The van der Waals surface area contributed by atoms with E-state index in [2.05, 4.69) is 12.2 Å². The third-order valence-corrected chi connectivity index (χ3v) is 4.79. The van der Waals surface area contributed by atoms with Crippen molar-refractivity contribution >= 4 is 12.0 Å². The fourth-order valence-electron chi connectivity index (χ4n) is 3.05. The molecule has 0 atom stereocenters. The van der Waals surface area contributed by atoms with Gasteiger partial charge in [0.25, 0.3) is 5.91 Å². The number of carbonyl (C=O) groups is 2. The van der Waals surface area contributed by atoms with Gasteiger partial charge in [0.2, 0.25) is 0 Å². The fraction of sp³-hybridized carbons (Fsp3) is 0.652. The van der Waals surface area contributed by atoms with Gasteiger partial charge in [0.05, 0.1) is 6.61 Å². The van der Waals surface area contributed by atoms with E-state index in [0.29, 0.717) is 12.2 Å². The number of unbranched alkanes of at least 4 members (excludes halogenated alkanes) is 6. The molecule has 1 rings (SSSR count). The van der Waals surface area contributed by atoms with Crippen LogP contribution in [0.5, 0.6) is 5.75 Å². The first-order valence-electron chi connectivity index (χ1n) is 10.8. The summed E-state index contributed by atoms with van der Waals surface area (Å²) in [6.07, 6.45) is 7.72. The maximum atomic E-state index is 12.2. The van der Waals surface area contributed by atoms with Gasteiger partial charge in [-0.2, -0.15) is 0 Å². The van der Waals surface area contributed by atoms with Crippen molar-refractivity contribution in [3.8, 4) is 5.75 Å². The van der Waals surface area contributed by atoms with Crippen molar-refractivity contribution in [1.29, 1.82) is 0 Å². The van der Waals surface area contributed by atoms with E-state index < -0.39 is 11.6 Å². The maximum Gasteiger partial charge on any atom is 0.407 e. The molecular weight excluding hydrogens is 368 g/mol. The van der Waals surface area contributed by atoms with Crippen LogP contribution in [0.15, 0.2) is 24.3 Å². The molecule has 6 heteroatoms. The van der Waals surface area contributed by atoms with Crippen molar-refractivity contribution in [2.24, 2.45) is 0 Å². The number of carboxylic acid groups (broad SMARTS) is 1. The topological polar surface area (TPSA) is 78.9 Å². The lowest BCUT2D eigenvalue weighted by molar-refractivity contribution is 0.0892. The first-order chi connectivity index (χ1) is 13.8. The number of nitrogens with zero attached hydrogens (tertiary/aromatic N) is 1. The Hall–Kier alpha value is -2.24. The van der Waals surface area contributed by atoms with Gasteiger partial charge in [-0.3, -0.25) is 4.79 Å². The maximum absolute atomic E-state index is 12.2. The van der Waals surface area contributed by atoms with Crippen LogP contribution in [0.3, 0.4) is 0 Å². The molecule has 0 spiro atoms. The quantitative estimate of drug-likeness (QED) is 0.434. The first kappa shape index (κ1) is 24.8. The van der Waals surface area contributed by atoms with Crippen LogP contribution >= 0.6 is 0 Å². The van der Waals surface area contributed by atoms with Gasteiger partial charge in [0.15, 0.2) is 0 Å². The summed E-state index contributed by atoms with van der Waals surface area (Å²) in [5, 5.41) is 12.0. The minimum absolute atomic E-state index is 0.220. The lowest BCUT2D eigenvalue weighted by atomic mass is 10.1. The van der Waals surface area contributed by atoms with E-state index in [1.807, 2.05) is 20.8 Å². The summed E-state index contributed by atoms with van der Waals surface area (Å²) in [6, 6.07) is 7.06. The van der Waals surface area contributed by atoms with E-state index in [0.717, 1.165) is 12.2 Å². The highest BCUT2D eigenvalue weighted by molar-refractivity contribution is 5.94. The number of hydrogen-bond donors (Lipinski definition) is 2. The molecule has 0 saturated carbocycles. The second-order valence-corrected chi connectivity index (χ2v) is 8.36. The van der Waals surface area contributed by atoms with E-state index in [9.17, 15) is 14.7 Å². The number of carbonyl (C=O) groups excluding carboxylic acids is 1. The minimum Gasteiger partial charge on any atom is -0.494 e. The monoisotopic (exact) mass is 406 g/mol. The number of rotatable bonds is 13. The Bertz CT molecular complexity index is 608. The SMILES string of the molecule is CCCCCCCCCOc1ccc(C(=O)NCCN(C(=O)O)C(C)(C)C)cc1. The van der Waals surface area contributed by atoms with Gasteiger partial charge in [-0.1, -0.05) is 45.4 Å². The largest absolute Gasteiger partial charge is 0.494 e. The molecular formula is C23H38N2O4. The number of hydrogen-bond acceptors (Lipinski definition) is 3. The zero-order valence-electron chi connectivity index (χ0n) is 18.5. The first-order valence-corrected chi connectivity index (χ1v) is 10.8. The van der Waals surface area contributed by atoms with E-state index in [-0.39, 0.29) is 19.0 Å². The van der Waals surface area contributed by atoms with Crippen molar-refractivity contribution in [3.63, 3.8) is 0 Å². The van der Waals surface area contributed by atoms with Crippen LogP contribution in [0.2, 0.25) is 0 Å². The number of amides is 2. The van der Waals surface area contributed by atoms with Crippen LogP contribution in [0.4, 0.5) is 4.79 Å². The van der Waals surface area contributed by atoms with Crippen LogP contribution in [-0.2, 0) is 0 Å². The lowest BCUT2D eigenvalue weighted by Crippen LogP contribution is -2.48. The zero-order chi connectivity index (χ0) is 21.7. The van der Waals surface area contributed by atoms with Gasteiger partial charge in [-0.25, -0.2) is 4.79 Å². The molecule has 0 unspecified atom stereocenters. The van der Waals surface area contributed by atoms with Gasteiger partial charge in [-0.15, -0.1) is 0 Å². The Balaban J connectivity index is 2.30. The summed E-state index contributed by atoms with van der Waals surface area (Å²) in [5.74, 6) is 0.542. The highest BCUT2D eigenvalue weighted by atomic mass is 16.5. The van der Waals surface area contributed by atoms with Crippen LogP contribution < -0.4 is 10.1 Å². The molecule has 0 fully saturated rings. The summed E-state index contributed by atoms with van der Waals surface area (Å²) in [7, 11) is 0. The van der Waals surface area contributed by atoms with Gasteiger partial charge in [0.1, 0.15) is 5.75 Å². The lowest BCUT2D eigenvalue weighted by Gasteiger charge is -2.33. The van der Waals surface area contributed by atoms with Crippen LogP contribution in [0.25, 0.3) is 0 Å². The summed E-state index contributed by atoms with van der Waals surface area (Å²) < 4.78 is 5.74. The predicted molar refractivity (Wildman–Crippen MR) is 117 cm³/mol. The van der Waals surface area contributed by atoms with Gasteiger partial charge >= 0.3 is 6.09 Å². The molecule has 0 aliphatic heterocycles. The highest BCUT2D eigenvalue weighted by Crippen LogP contribution is 2.14. The third kappa shape index (κ3) is 10.2. The highest BCUT2D eigenvalue weighted by Gasteiger charge is 2.25. The Labute approximate surface area is 175 Å². The Morgan fingerprint density at radius 3 is 2.14 bits per heavy atom. The zero-order valence-corrected chi connectivity index (χ0v) is 18.5. The van der Waals surface area contributed by atoms with E-state index in [1.54, 1.807) is 24.3 Å².